The summed E-state index contributed by atoms with van der Waals surface area (Å²) in [5, 5.41) is 14.3. The van der Waals surface area contributed by atoms with E-state index in [0.29, 0.717) is 17.7 Å². The first-order chi connectivity index (χ1) is 8.19. The molecule has 0 radical (unpaired) electrons. The Morgan fingerprint density at radius 2 is 2.24 bits per heavy atom. The average molecular weight is 253 g/mol. The van der Waals surface area contributed by atoms with Crippen LogP contribution in [-0.2, 0) is 4.79 Å². The second kappa shape index (κ2) is 6.80. The van der Waals surface area contributed by atoms with Gasteiger partial charge in [-0.3, -0.25) is 4.79 Å². The van der Waals surface area contributed by atoms with Gasteiger partial charge in [-0.25, -0.2) is 0 Å². The number of hydrogen-bond donors (Lipinski definition) is 3. The molecule has 1 rings (SSSR count). The second-order valence-corrected chi connectivity index (χ2v) is 4.31. The van der Waals surface area contributed by atoms with Crippen molar-refractivity contribution in [3.05, 3.63) is 29.8 Å². The molecule has 0 spiro atoms. The third-order valence-corrected chi connectivity index (χ3v) is 2.73. The molecule has 0 heterocycles. The molecule has 1 aromatic carbocycles. The molecular formula is C11H15N3O2S. The van der Waals surface area contributed by atoms with Crippen LogP contribution in [0.15, 0.2) is 29.4 Å². The zero-order valence-electron chi connectivity index (χ0n) is 9.51. The second-order valence-electron chi connectivity index (χ2n) is 3.32. The Labute approximate surface area is 104 Å². The van der Waals surface area contributed by atoms with Gasteiger partial charge in [0.05, 0.1) is 5.69 Å². The molecule has 0 aliphatic rings. The number of nitrogens with two attached hydrogens (primary N) is 1. The van der Waals surface area contributed by atoms with E-state index in [4.69, 9.17) is 10.9 Å². The molecule has 92 valence electrons. The first kappa shape index (κ1) is 13.4. The van der Waals surface area contributed by atoms with Gasteiger partial charge in [0.15, 0.2) is 5.84 Å². The number of nitrogens with zero attached hydrogens (tertiary/aromatic N) is 1. The number of anilines is 1. The van der Waals surface area contributed by atoms with Crippen LogP contribution in [0, 0.1) is 0 Å². The van der Waals surface area contributed by atoms with Crippen LogP contribution in [0.5, 0.6) is 0 Å². The standard InChI is InChI=1S/C11H15N3O2S/c1-17-7-6-10(15)13-9-5-3-2-4-8(9)11(12)14-16/h2-5,16H,6-7H2,1H3,(H2,12,14)(H,13,15). The molecule has 4 N–H and O–H groups in total. The Bertz CT molecular complexity index is 421. The van der Waals surface area contributed by atoms with Gasteiger partial charge in [0.2, 0.25) is 5.91 Å². The molecule has 0 saturated carbocycles. The van der Waals surface area contributed by atoms with Crippen molar-refractivity contribution in [1.82, 2.24) is 0 Å². The van der Waals surface area contributed by atoms with Crippen molar-refractivity contribution in [3.8, 4) is 0 Å². The quantitative estimate of drug-likeness (QED) is 0.321. The fourth-order valence-corrected chi connectivity index (χ4v) is 1.67. The number of carbonyl (C=O) groups excluding carboxylic acids is 1. The van der Waals surface area contributed by atoms with Crippen molar-refractivity contribution in [1.29, 1.82) is 0 Å². The van der Waals surface area contributed by atoms with Gasteiger partial charge in [-0.05, 0) is 18.4 Å². The summed E-state index contributed by atoms with van der Waals surface area (Å²) in [5.74, 6) is 0.653. The van der Waals surface area contributed by atoms with Gasteiger partial charge in [-0.15, -0.1) is 0 Å². The Morgan fingerprint density at radius 3 is 2.88 bits per heavy atom. The maximum absolute atomic E-state index is 11.6. The van der Waals surface area contributed by atoms with Crippen LogP contribution in [0.1, 0.15) is 12.0 Å². The minimum atomic E-state index is -0.0856. The maximum atomic E-state index is 11.6. The summed E-state index contributed by atoms with van der Waals surface area (Å²) in [7, 11) is 0. The number of para-hydroxylation sites is 1. The zero-order chi connectivity index (χ0) is 12.7. The largest absolute Gasteiger partial charge is 0.409 e. The Hall–Kier alpha value is -1.69. The highest BCUT2D eigenvalue weighted by molar-refractivity contribution is 7.98. The predicted octanol–water partition coefficient (Wildman–Crippen LogP) is 1.47. The van der Waals surface area contributed by atoms with E-state index in [2.05, 4.69) is 10.5 Å². The zero-order valence-corrected chi connectivity index (χ0v) is 10.3. The highest BCUT2D eigenvalue weighted by Crippen LogP contribution is 2.15. The lowest BCUT2D eigenvalue weighted by molar-refractivity contribution is -0.115. The summed E-state index contributed by atoms with van der Waals surface area (Å²) in [5.41, 5.74) is 6.57. The molecule has 1 amide bonds. The van der Waals surface area contributed by atoms with Gasteiger partial charge in [-0.2, -0.15) is 11.8 Å². The Kier molecular flexibility index (Phi) is 5.35. The maximum Gasteiger partial charge on any atom is 0.225 e. The fourth-order valence-electron chi connectivity index (χ4n) is 1.28. The summed E-state index contributed by atoms with van der Waals surface area (Å²) in [6, 6.07) is 6.92. The first-order valence-electron chi connectivity index (χ1n) is 5.04. The van der Waals surface area contributed by atoms with E-state index in [0.717, 1.165) is 5.75 Å². The van der Waals surface area contributed by atoms with Crippen LogP contribution in [0.3, 0.4) is 0 Å². The van der Waals surface area contributed by atoms with Gasteiger partial charge in [0.25, 0.3) is 0 Å². The number of carbonyl (C=O) groups is 1. The average Bonchev–Trinajstić information content (AvgIpc) is 2.36. The molecule has 0 aromatic heterocycles. The van der Waals surface area contributed by atoms with Gasteiger partial charge in [-0.1, -0.05) is 17.3 Å². The molecule has 0 saturated heterocycles. The first-order valence-corrected chi connectivity index (χ1v) is 6.44. The summed E-state index contributed by atoms with van der Waals surface area (Å²) in [6.07, 6.45) is 2.38. The number of hydrogen-bond acceptors (Lipinski definition) is 4. The van der Waals surface area contributed by atoms with E-state index in [9.17, 15) is 4.79 Å². The summed E-state index contributed by atoms with van der Waals surface area (Å²) >= 11 is 1.61. The van der Waals surface area contributed by atoms with Crippen LogP contribution < -0.4 is 11.1 Å². The van der Waals surface area contributed by atoms with Crippen molar-refractivity contribution in [2.45, 2.75) is 6.42 Å². The Morgan fingerprint density at radius 1 is 1.53 bits per heavy atom. The molecule has 0 aliphatic carbocycles. The lowest BCUT2D eigenvalue weighted by Gasteiger charge is -2.09. The highest BCUT2D eigenvalue weighted by atomic mass is 32.2. The number of rotatable bonds is 5. The topological polar surface area (TPSA) is 87.7 Å². The van der Waals surface area contributed by atoms with Crippen molar-refractivity contribution < 1.29 is 10.0 Å². The number of oxime groups is 1. The molecule has 0 fully saturated rings. The monoisotopic (exact) mass is 253 g/mol. The van der Waals surface area contributed by atoms with Gasteiger partial charge < -0.3 is 16.3 Å². The number of nitrogens with one attached hydrogen (secondary N) is 1. The third kappa shape index (κ3) is 3.99. The van der Waals surface area contributed by atoms with Crippen LogP contribution in [0.25, 0.3) is 0 Å². The molecule has 17 heavy (non-hydrogen) atoms. The van der Waals surface area contributed by atoms with Crippen LogP contribution in [0.4, 0.5) is 5.69 Å². The molecule has 0 atom stereocenters. The summed E-state index contributed by atoms with van der Waals surface area (Å²) < 4.78 is 0. The van der Waals surface area contributed by atoms with Crippen molar-refractivity contribution in [2.75, 3.05) is 17.3 Å². The van der Waals surface area contributed by atoms with Gasteiger partial charge in [0, 0.05) is 17.7 Å². The van der Waals surface area contributed by atoms with Crippen molar-refractivity contribution >= 4 is 29.2 Å². The molecule has 5 nitrogen and oxygen atoms in total. The third-order valence-electron chi connectivity index (χ3n) is 2.12. The minimum Gasteiger partial charge on any atom is -0.409 e. The number of benzene rings is 1. The van der Waals surface area contributed by atoms with E-state index in [-0.39, 0.29) is 11.7 Å². The summed E-state index contributed by atoms with van der Waals surface area (Å²) in [6.45, 7) is 0. The number of amidine groups is 1. The van der Waals surface area contributed by atoms with Crippen LogP contribution in [-0.4, -0.2) is 29.0 Å². The van der Waals surface area contributed by atoms with E-state index in [1.165, 1.54) is 0 Å². The van der Waals surface area contributed by atoms with E-state index >= 15 is 0 Å². The van der Waals surface area contributed by atoms with Crippen LogP contribution >= 0.6 is 11.8 Å². The van der Waals surface area contributed by atoms with Crippen molar-refractivity contribution in [3.63, 3.8) is 0 Å². The molecular weight excluding hydrogens is 238 g/mol. The molecule has 6 heteroatoms. The normalized spacial score (nSPS) is 11.2. The van der Waals surface area contributed by atoms with E-state index < -0.39 is 0 Å². The SMILES string of the molecule is CSCCC(=O)Nc1ccccc1C(N)=NO. The predicted molar refractivity (Wildman–Crippen MR) is 70.6 cm³/mol. The fraction of sp³-hybridized carbons (Fsp3) is 0.273. The smallest absolute Gasteiger partial charge is 0.225 e. The molecule has 0 bridgehead atoms. The van der Waals surface area contributed by atoms with Crippen LogP contribution in [0.2, 0.25) is 0 Å². The highest BCUT2D eigenvalue weighted by Gasteiger charge is 2.08. The molecule has 0 unspecified atom stereocenters. The Balaban J connectivity index is 2.80. The summed E-state index contributed by atoms with van der Waals surface area (Å²) in [4.78, 5) is 11.6. The lowest BCUT2D eigenvalue weighted by atomic mass is 10.1. The van der Waals surface area contributed by atoms with E-state index in [1.54, 1.807) is 36.0 Å². The molecule has 0 aliphatic heterocycles. The van der Waals surface area contributed by atoms with Gasteiger partial charge >= 0.3 is 0 Å². The molecule has 1 aromatic rings. The lowest BCUT2D eigenvalue weighted by Crippen LogP contribution is -2.19. The van der Waals surface area contributed by atoms with Gasteiger partial charge in [0.1, 0.15) is 0 Å². The minimum absolute atomic E-state index is 0.0224. The number of thioether (sulfide) groups is 1. The van der Waals surface area contributed by atoms with Crippen molar-refractivity contribution in [2.24, 2.45) is 10.9 Å². The van der Waals surface area contributed by atoms with E-state index in [1.807, 2.05) is 6.26 Å². The number of amides is 1.